The lowest BCUT2D eigenvalue weighted by atomic mass is 10.1. The summed E-state index contributed by atoms with van der Waals surface area (Å²) in [5.41, 5.74) is 2.09. The van der Waals surface area contributed by atoms with Gasteiger partial charge in [0.05, 0.1) is 12.7 Å². The van der Waals surface area contributed by atoms with Crippen LogP contribution in [0.5, 0.6) is 5.75 Å². The number of oxazole rings is 1. The molecule has 4 rings (SSSR count). The van der Waals surface area contributed by atoms with Gasteiger partial charge in [-0.25, -0.2) is 4.98 Å². The number of nitrogens with zero attached hydrogens (tertiary/aromatic N) is 1. The summed E-state index contributed by atoms with van der Waals surface area (Å²) in [4.78, 5) is 16.4. The number of fused-ring (bicyclic) bond motifs is 1. The van der Waals surface area contributed by atoms with Crippen molar-refractivity contribution in [1.29, 1.82) is 0 Å². The van der Waals surface area contributed by atoms with Crippen molar-refractivity contribution in [3.05, 3.63) is 71.2 Å². The van der Waals surface area contributed by atoms with E-state index < -0.39 is 0 Å². The molecule has 1 unspecified atom stereocenters. The van der Waals surface area contributed by atoms with Gasteiger partial charge in [0, 0.05) is 29.8 Å². The molecule has 1 amide bonds. The van der Waals surface area contributed by atoms with Crippen LogP contribution in [-0.2, 0) is 17.6 Å². The van der Waals surface area contributed by atoms with Crippen LogP contribution in [0, 0.1) is 0 Å². The van der Waals surface area contributed by atoms with Gasteiger partial charge in [0.25, 0.3) is 0 Å². The molecule has 5 nitrogen and oxygen atoms in total. The third-order valence-corrected chi connectivity index (χ3v) is 4.74. The second-order valence-corrected chi connectivity index (χ2v) is 6.92. The van der Waals surface area contributed by atoms with Crippen molar-refractivity contribution >= 4 is 17.5 Å². The van der Waals surface area contributed by atoms with Crippen LogP contribution in [0.4, 0.5) is 0 Å². The third-order valence-electron chi connectivity index (χ3n) is 4.49. The summed E-state index contributed by atoms with van der Waals surface area (Å²) in [6, 6.07) is 15.3. The average molecular weight is 383 g/mol. The summed E-state index contributed by atoms with van der Waals surface area (Å²) in [5, 5.41) is 3.60. The summed E-state index contributed by atoms with van der Waals surface area (Å²) < 4.78 is 11.5. The van der Waals surface area contributed by atoms with Crippen LogP contribution in [0.1, 0.15) is 17.9 Å². The van der Waals surface area contributed by atoms with Gasteiger partial charge >= 0.3 is 0 Å². The number of carbonyl (C=O) groups excluding carboxylic acids is 1. The molecular weight excluding hydrogens is 364 g/mol. The minimum atomic E-state index is -0.0409. The third kappa shape index (κ3) is 4.31. The second kappa shape index (κ2) is 7.84. The molecule has 0 spiro atoms. The van der Waals surface area contributed by atoms with Crippen molar-refractivity contribution in [3.63, 3.8) is 0 Å². The first-order valence-electron chi connectivity index (χ1n) is 8.89. The summed E-state index contributed by atoms with van der Waals surface area (Å²) in [7, 11) is 0. The number of benzene rings is 2. The fraction of sp³-hybridized carbons (Fsp3) is 0.238. The van der Waals surface area contributed by atoms with E-state index in [2.05, 4.69) is 16.4 Å². The normalized spacial score (nSPS) is 15.2. The van der Waals surface area contributed by atoms with Crippen LogP contribution in [0.2, 0.25) is 5.02 Å². The van der Waals surface area contributed by atoms with E-state index in [1.165, 1.54) is 5.56 Å². The number of carbonyl (C=O) groups is 1. The molecule has 0 aliphatic carbocycles. The van der Waals surface area contributed by atoms with Gasteiger partial charge in [-0.15, -0.1) is 0 Å². The van der Waals surface area contributed by atoms with Crippen molar-refractivity contribution in [1.82, 2.24) is 10.3 Å². The Balaban J connectivity index is 1.24. The Morgan fingerprint density at radius 2 is 2.00 bits per heavy atom. The zero-order valence-corrected chi connectivity index (χ0v) is 15.4. The highest BCUT2D eigenvalue weighted by atomic mass is 35.5. The molecule has 0 bridgehead atoms. The van der Waals surface area contributed by atoms with Gasteiger partial charge in [0.2, 0.25) is 5.91 Å². The van der Waals surface area contributed by atoms with Gasteiger partial charge in [0.15, 0.2) is 11.7 Å². The lowest BCUT2D eigenvalue weighted by Gasteiger charge is -2.11. The number of aromatic nitrogens is 1. The van der Waals surface area contributed by atoms with Gasteiger partial charge in [-0.3, -0.25) is 4.79 Å². The number of halogens is 1. The highest BCUT2D eigenvalue weighted by Gasteiger charge is 2.22. The standard InChI is InChI=1S/C21H19ClN2O3/c22-16-7-5-14(6-8-16)19-13-24-21(27-19)10-9-20(25)23-12-17-11-15-3-1-2-4-18(15)26-17/h1-8,13,17H,9-12H2,(H,23,25). The molecule has 0 radical (unpaired) electrons. The maximum Gasteiger partial charge on any atom is 0.220 e. The Bertz CT molecular complexity index is 912. The molecule has 3 aromatic rings. The zero-order valence-electron chi connectivity index (χ0n) is 14.7. The molecular formula is C21H19ClN2O3. The van der Waals surface area contributed by atoms with Gasteiger partial charge in [-0.1, -0.05) is 29.8 Å². The SMILES string of the molecule is O=C(CCc1ncc(-c2ccc(Cl)cc2)o1)NCC1Cc2ccccc2O1. The van der Waals surface area contributed by atoms with Crippen LogP contribution < -0.4 is 10.1 Å². The van der Waals surface area contributed by atoms with E-state index in [-0.39, 0.29) is 12.0 Å². The first kappa shape index (κ1) is 17.6. The lowest BCUT2D eigenvalue weighted by Crippen LogP contribution is -2.34. The Labute approximate surface area is 162 Å². The molecule has 1 atom stereocenters. The summed E-state index contributed by atoms with van der Waals surface area (Å²) >= 11 is 5.89. The van der Waals surface area contributed by atoms with E-state index in [9.17, 15) is 4.79 Å². The number of hydrogen-bond acceptors (Lipinski definition) is 4. The molecule has 2 heterocycles. The van der Waals surface area contributed by atoms with E-state index in [0.717, 1.165) is 17.7 Å². The summed E-state index contributed by atoms with van der Waals surface area (Å²) in [6.45, 7) is 0.495. The minimum absolute atomic E-state index is 0.00963. The number of rotatable bonds is 6. The van der Waals surface area contributed by atoms with Crippen LogP contribution in [0.3, 0.4) is 0 Å². The first-order valence-corrected chi connectivity index (χ1v) is 9.27. The molecule has 2 aromatic carbocycles. The van der Waals surface area contributed by atoms with Crippen molar-refractivity contribution < 1.29 is 13.9 Å². The van der Waals surface area contributed by atoms with Gasteiger partial charge in [0.1, 0.15) is 11.9 Å². The van der Waals surface area contributed by atoms with Gasteiger partial charge < -0.3 is 14.5 Å². The number of hydrogen-bond donors (Lipinski definition) is 1. The quantitative estimate of drug-likeness (QED) is 0.698. The number of para-hydroxylation sites is 1. The Morgan fingerprint density at radius 1 is 1.19 bits per heavy atom. The van der Waals surface area contributed by atoms with Crippen LogP contribution >= 0.6 is 11.6 Å². The molecule has 6 heteroatoms. The number of aryl methyl sites for hydroxylation is 1. The highest BCUT2D eigenvalue weighted by Crippen LogP contribution is 2.27. The first-order chi connectivity index (χ1) is 13.2. The summed E-state index contributed by atoms with van der Waals surface area (Å²) in [6.07, 6.45) is 3.25. The van der Waals surface area contributed by atoms with E-state index >= 15 is 0 Å². The summed E-state index contributed by atoms with van der Waals surface area (Å²) in [5.74, 6) is 2.07. The van der Waals surface area contributed by atoms with Gasteiger partial charge in [-0.2, -0.15) is 0 Å². The van der Waals surface area contributed by atoms with Crippen molar-refractivity contribution in [3.8, 4) is 17.1 Å². The molecule has 0 fully saturated rings. The molecule has 27 heavy (non-hydrogen) atoms. The van der Waals surface area contributed by atoms with E-state index in [1.807, 2.05) is 30.3 Å². The molecule has 138 valence electrons. The Morgan fingerprint density at radius 3 is 2.81 bits per heavy atom. The van der Waals surface area contributed by atoms with Crippen LogP contribution in [0.15, 0.2) is 59.1 Å². The van der Waals surface area contributed by atoms with Crippen molar-refractivity contribution in [2.75, 3.05) is 6.54 Å². The maximum absolute atomic E-state index is 12.1. The fourth-order valence-corrected chi connectivity index (χ4v) is 3.20. The Kier molecular flexibility index (Phi) is 5.12. The number of amides is 1. The zero-order chi connectivity index (χ0) is 18.6. The molecule has 1 N–H and O–H groups in total. The van der Waals surface area contributed by atoms with E-state index in [0.29, 0.717) is 36.1 Å². The topological polar surface area (TPSA) is 64.4 Å². The predicted molar refractivity (Wildman–Crippen MR) is 103 cm³/mol. The predicted octanol–water partition coefficient (Wildman–Crippen LogP) is 4.05. The smallest absolute Gasteiger partial charge is 0.220 e. The highest BCUT2D eigenvalue weighted by molar-refractivity contribution is 6.30. The maximum atomic E-state index is 12.1. The Hall–Kier alpha value is -2.79. The fourth-order valence-electron chi connectivity index (χ4n) is 3.08. The molecule has 0 saturated heterocycles. The largest absolute Gasteiger partial charge is 0.488 e. The molecule has 1 aliphatic rings. The van der Waals surface area contributed by atoms with Crippen LogP contribution in [-0.4, -0.2) is 23.5 Å². The molecule has 0 saturated carbocycles. The van der Waals surface area contributed by atoms with E-state index in [1.54, 1.807) is 18.3 Å². The monoisotopic (exact) mass is 382 g/mol. The van der Waals surface area contributed by atoms with Gasteiger partial charge in [-0.05, 0) is 35.9 Å². The van der Waals surface area contributed by atoms with Crippen molar-refractivity contribution in [2.24, 2.45) is 0 Å². The molecule has 1 aromatic heterocycles. The number of ether oxygens (including phenoxy) is 1. The van der Waals surface area contributed by atoms with Crippen molar-refractivity contribution in [2.45, 2.75) is 25.4 Å². The lowest BCUT2D eigenvalue weighted by molar-refractivity contribution is -0.121. The average Bonchev–Trinajstić information content (AvgIpc) is 3.32. The molecule has 1 aliphatic heterocycles. The minimum Gasteiger partial charge on any atom is -0.488 e. The second-order valence-electron chi connectivity index (χ2n) is 6.48. The van der Waals surface area contributed by atoms with E-state index in [4.69, 9.17) is 20.8 Å². The number of nitrogens with one attached hydrogen (secondary N) is 1. The van der Waals surface area contributed by atoms with Crippen LogP contribution in [0.25, 0.3) is 11.3 Å².